The molecular weight excluding hydrogens is 352 g/mol. The monoisotopic (exact) mass is 368 g/mol. The van der Waals surface area contributed by atoms with Crippen molar-refractivity contribution in [2.45, 2.75) is 12.0 Å². The lowest BCUT2D eigenvalue weighted by molar-refractivity contribution is 0.100. The highest BCUT2D eigenvalue weighted by atomic mass is 32.1. The van der Waals surface area contributed by atoms with E-state index >= 15 is 0 Å². The van der Waals surface area contributed by atoms with Gasteiger partial charge in [0.2, 0.25) is 5.78 Å². The van der Waals surface area contributed by atoms with Crippen molar-refractivity contribution < 1.29 is 9.53 Å². The first-order chi connectivity index (χ1) is 13.2. The number of fused-ring (bicyclic) bond motifs is 2. The quantitative estimate of drug-likeness (QED) is 0.572. The third kappa shape index (κ3) is 2.32. The molecule has 0 saturated heterocycles. The highest BCUT2D eigenvalue weighted by Crippen LogP contribution is 2.52. The van der Waals surface area contributed by atoms with E-state index in [0.717, 1.165) is 28.0 Å². The maximum atomic E-state index is 12.8. The smallest absolute Gasteiger partial charge is 0.204 e. The minimum absolute atomic E-state index is 0.0835. The molecule has 130 valence electrons. The minimum atomic E-state index is -0.686. The fourth-order valence-corrected chi connectivity index (χ4v) is 4.32. The van der Waals surface area contributed by atoms with E-state index in [0.29, 0.717) is 16.8 Å². The Labute approximate surface area is 163 Å². The number of ketones is 1. The van der Waals surface area contributed by atoms with E-state index in [1.165, 1.54) is 0 Å². The van der Waals surface area contributed by atoms with Crippen LogP contribution in [0.25, 0.3) is 5.76 Å². The van der Waals surface area contributed by atoms with Crippen molar-refractivity contribution in [3.63, 3.8) is 0 Å². The van der Waals surface area contributed by atoms with E-state index in [9.17, 15) is 4.79 Å². The lowest BCUT2D eigenvalue weighted by Crippen LogP contribution is -2.27. The molecule has 0 saturated carbocycles. The first-order valence-corrected chi connectivity index (χ1v) is 9.33. The third-order valence-corrected chi connectivity index (χ3v) is 5.78. The highest BCUT2D eigenvalue weighted by Gasteiger charge is 2.48. The van der Waals surface area contributed by atoms with E-state index in [-0.39, 0.29) is 5.78 Å². The van der Waals surface area contributed by atoms with Gasteiger partial charge in [-0.15, -0.1) is 0 Å². The molecule has 2 nitrogen and oxygen atoms in total. The summed E-state index contributed by atoms with van der Waals surface area (Å²) in [6, 6.07) is 27.9. The average Bonchev–Trinajstić information content (AvgIpc) is 3.16. The topological polar surface area (TPSA) is 26.3 Å². The molecule has 3 heteroatoms. The standard InChI is InChI=1S/C24H16O2S/c25-21-18-13-7-8-14-19(18)22-20(23(21)27)15-24(26-22,16-9-3-1-4-10-16)17-11-5-2-6-12-17/h1-14H,15H2. The molecule has 3 aromatic carbocycles. The van der Waals surface area contributed by atoms with Gasteiger partial charge >= 0.3 is 0 Å². The molecule has 0 aromatic heterocycles. The highest BCUT2D eigenvalue weighted by molar-refractivity contribution is 7.82. The predicted octanol–water partition coefficient (Wildman–Crippen LogP) is 5.33. The van der Waals surface area contributed by atoms with Gasteiger partial charge in [-0.2, -0.15) is 0 Å². The molecule has 0 unspecified atom stereocenters. The molecule has 0 fully saturated rings. The van der Waals surface area contributed by atoms with Crippen LogP contribution in [0.15, 0.2) is 90.5 Å². The van der Waals surface area contributed by atoms with Crippen LogP contribution in [-0.2, 0) is 10.3 Å². The molecule has 0 N–H and O–H groups in total. The molecule has 2 aliphatic rings. The molecule has 0 radical (unpaired) electrons. The molecule has 3 aromatic rings. The Morgan fingerprint density at radius 2 is 1.26 bits per heavy atom. The summed E-state index contributed by atoms with van der Waals surface area (Å²) in [6.07, 6.45) is 0.551. The number of hydrogen-bond donors (Lipinski definition) is 0. The van der Waals surface area contributed by atoms with E-state index in [1.807, 2.05) is 60.7 Å². The van der Waals surface area contributed by atoms with Gasteiger partial charge in [0.05, 0.1) is 4.86 Å². The SMILES string of the molecule is O=C1C(=S)C2=C(OC(c3ccccc3)(c3ccccc3)C2)c2ccccc21. The Kier molecular flexibility index (Phi) is 3.59. The van der Waals surface area contributed by atoms with Crippen molar-refractivity contribution in [2.24, 2.45) is 0 Å². The summed E-state index contributed by atoms with van der Waals surface area (Å²) in [4.78, 5) is 13.2. The van der Waals surface area contributed by atoms with Crippen LogP contribution in [-0.4, -0.2) is 10.6 Å². The Hall–Kier alpha value is -3.04. The summed E-state index contributed by atoms with van der Waals surface area (Å²) >= 11 is 5.56. The molecule has 0 bridgehead atoms. The van der Waals surface area contributed by atoms with Gasteiger partial charge in [0, 0.05) is 34.2 Å². The first kappa shape index (κ1) is 16.2. The predicted molar refractivity (Wildman–Crippen MR) is 110 cm³/mol. The number of thiocarbonyl (C=S) groups is 1. The molecule has 0 amide bonds. The van der Waals surface area contributed by atoms with Gasteiger partial charge in [-0.05, 0) is 0 Å². The minimum Gasteiger partial charge on any atom is -0.476 e. The van der Waals surface area contributed by atoms with E-state index < -0.39 is 5.60 Å². The number of ether oxygens (including phenoxy) is 1. The van der Waals surface area contributed by atoms with Gasteiger partial charge in [-0.25, -0.2) is 0 Å². The number of hydrogen-bond acceptors (Lipinski definition) is 3. The van der Waals surface area contributed by atoms with Gasteiger partial charge in [-0.3, -0.25) is 4.79 Å². The Morgan fingerprint density at radius 3 is 1.85 bits per heavy atom. The summed E-state index contributed by atoms with van der Waals surface area (Å²) < 4.78 is 6.71. The second-order valence-corrected chi connectivity index (χ2v) is 7.26. The molecule has 1 aliphatic carbocycles. The van der Waals surface area contributed by atoms with Gasteiger partial charge in [0.15, 0.2) is 5.60 Å². The zero-order valence-electron chi connectivity index (χ0n) is 14.5. The Balaban J connectivity index is 1.73. The van der Waals surface area contributed by atoms with Crippen LogP contribution in [0.2, 0.25) is 0 Å². The average molecular weight is 368 g/mol. The summed E-state index contributed by atoms with van der Waals surface area (Å²) in [5.41, 5.74) is 3.71. The number of carbonyl (C=O) groups is 1. The van der Waals surface area contributed by atoms with E-state index in [2.05, 4.69) is 24.3 Å². The fraction of sp³-hybridized carbons (Fsp3) is 0.0833. The van der Waals surface area contributed by atoms with Crippen molar-refractivity contribution in [2.75, 3.05) is 0 Å². The zero-order valence-corrected chi connectivity index (χ0v) is 15.3. The van der Waals surface area contributed by atoms with Gasteiger partial charge in [0.1, 0.15) is 5.76 Å². The summed E-state index contributed by atoms with van der Waals surface area (Å²) in [5.74, 6) is 0.655. The molecule has 5 rings (SSSR count). The van der Waals surface area contributed by atoms with Crippen molar-refractivity contribution >= 4 is 28.6 Å². The lowest BCUT2D eigenvalue weighted by Gasteiger charge is -2.31. The van der Waals surface area contributed by atoms with E-state index in [1.54, 1.807) is 0 Å². The van der Waals surface area contributed by atoms with Crippen LogP contribution in [0.4, 0.5) is 0 Å². The van der Waals surface area contributed by atoms with Crippen LogP contribution < -0.4 is 0 Å². The second kappa shape index (κ2) is 6.00. The Bertz CT molecular complexity index is 1060. The summed E-state index contributed by atoms with van der Waals surface area (Å²) in [6.45, 7) is 0. The third-order valence-electron chi connectivity index (χ3n) is 5.35. The molecule has 1 heterocycles. The molecule has 0 spiro atoms. The van der Waals surface area contributed by atoms with E-state index in [4.69, 9.17) is 17.0 Å². The second-order valence-electron chi connectivity index (χ2n) is 6.85. The van der Waals surface area contributed by atoms with Gasteiger partial charge < -0.3 is 4.74 Å². The number of Topliss-reactive ketones (excluding diaryl/α,β-unsaturated/α-hetero) is 1. The van der Waals surface area contributed by atoms with Crippen LogP contribution in [0.1, 0.15) is 33.5 Å². The normalized spacial score (nSPS) is 17.3. The van der Waals surface area contributed by atoms with Crippen LogP contribution in [0, 0.1) is 0 Å². The first-order valence-electron chi connectivity index (χ1n) is 8.92. The molecule has 0 atom stereocenters. The van der Waals surface area contributed by atoms with Gasteiger partial charge in [-0.1, -0.05) is 97.1 Å². The molecule has 1 aliphatic heterocycles. The Morgan fingerprint density at radius 1 is 0.741 bits per heavy atom. The largest absolute Gasteiger partial charge is 0.476 e. The fourth-order valence-electron chi connectivity index (χ4n) is 4.04. The van der Waals surface area contributed by atoms with Crippen molar-refractivity contribution in [3.8, 4) is 0 Å². The molecular formula is C24H16O2S. The maximum absolute atomic E-state index is 12.8. The zero-order chi connectivity index (χ0) is 18.4. The summed E-state index contributed by atoms with van der Waals surface area (Å²) in [7, 11) is 0. The summed E-state index contributed by atoms with van der Waals surface area (Å²) in [5, 5.41) is 0. The maximum Gasteiger partial charge on any atom is 0.204 e. The van der Waals surface area contributed by atoms with Crippen molar-refractivity contribution in [3.05, 3.63) is 113 Å². The van der Waals surface area contributed by atoms with Crippen LogP contribution >= 0.6 is 12.2 Å². The number of rotatable bonds is 2. The van der Waals surface area contributed by atoms with Gasteiger partial charge in [0.25, 0.3) is 0 Å². The number of carbonyl (C=O) groups excluding carboxylic acids is 1. The lowest BCUT2D eigenvalue weighted by atomic mass is 9.80. The number of benzene rings is 3. The van der Waals surface area contributed by atoms with Crippen molar-refractivity contribution in [1.29, 1.82) is 0 Å². The van der Waals surface area contributed by atoms with Crippen LogP contribution in [0.5, 0.6) is 0 Å². The van der Waals surface area contributed by atoms with Crippen molar-refractivity contribution in [1.82, 2.24) is 0 Å². The molecule has 27 heavy (non-hydrogen) atoms. The van der Waals surface area contributed by atoms with Crippen LogP contribution in [0.3, 0.4) is 0 Å².